The van der Waals surface area contributed by atoms with Gasteiger partial charge in [-0.05, 0) is 37.5 Å². The standard InChI is InChI=1S/C18H17ClN4O2/c19-14-5-1-2-6-15(14)23-12-13(11-21-23)18(24)25-17-8-3-7-16(17)22-10-4-9-20-22/h1-2,4-6,9-12,16-17H,3,7-8H2/t16-,17-/m1/s1. The van der Waals surface area contributed by atoms with E-state index in [0.29, 0.717) is 10.6 Å². The summed E-state index contributed by atoms with van der Waals surface area (Å²) in [4.78, 5) is 12.5. The fourth-order valence-electron chi connectivity index (χ4n) is 3.23. The number of esters is 1. The number of para-hydroxylation sites is 1. The quantitative estimate of drug-likeness (QED) is 0.669. The topological polar surface area (TPSA) is 61.9 Å². The Balaban J connectivity index is 1.49. The zero-order valence-electron chi connectivity index (χ0n) is 13.5. The van der Waals surface area contributed by atoms with E-state index in [1.807, 2.05) is 35.1 Å². The van der Waals surface area contributed by atoms with Gasteiger partial charge in [-0.3, -0.25) is 4.68 Å². The number of aromatic nitrogens is 4. The SMILES string of the molecule is O=C(O[C@@H]1CCC[C@H]1n1cccn1)c1cnn(-c2ccccc2Cl)c1. The number of halogens is 1. The van der Waals surface area contributed by atoms with Gasteiger partial charge >= 0.3 is 5.97 Å². The summed E-state index contributed by atoms with van der Waals surface area (Å²) >= 11 is 6.17. The molecule has 0 N–H and O–H groups in total. The Hall–Kier alpha value is -2.60. The number of rotatable bonds is 4. The summed E-state index contributed by atoms with van der Waals surface area (Å²) in [5.74, 6) is -0.373. The maximum Gasteiger partial charge on any atom is 0.341 e. The largest absolute Gasteiger partial charge is 0.456 e. The fraction of sp³-hybridized carbons (Fsp3) is 0.278. The molecule has 7 heteroatoms. The molecule has 0 spiro atoms. The molecule has 0 aliphatic heterocycles. The Morgan fingerprint density at radius 3 is 2.88 bits per heavy atom. The molecule has 2 atom stereocenters. The number of nitrogens with zero attached hydrogens (tertiary/aromatic N) is 4. The summed E-state index contributed by atoms with van der Waals surface area (Å²) in [5.41, 5.74) is 1.13. The van der Waals surface area contributed by atoms with Gasteiger partial charge in [0.25, 0.3) is 0 Å². The van der Waals surface area contributed by atoms with Gasteiger partial charge in [0.15, 0.2) is 0 Å². The van der Waals surface area contributed by atoms with Crippen LogP contribution < -0.4 is 0 Å². The van der Waals surface area contributed by atoms with Crippen LogP contribution in [0.5, 0.6) is 0 Å². The van der Waals surface area contributed by atoms with Crippen LogP contribution in [0.2, 0.25) is 5.02 Å². The molecule has 25 heavy (non-hydrogen) atoms. The van der Waals surface area contributed by atoms with Crippen LogP contribution in [0.15, 0.2) is 55.1 Å². The smallest absolute Gasteiger partial charge is 0.341 e. The molecule has 3 aromatic rings. The predicted octanol–water partition coefficient (Wildman–Crippen LogP) is 3.67. The number of carbonyl (C=O) groups excluding carboxylic acids is 1. The molecule has 0 unspecified atom stereocenters. The summed E-state index contributed by atoms with van der Waals surface area (Å²) in [5, 5.41) is 9.07. The summed E-state index contributed by atoms with van der Waals surface area (Å²) in [6.07, 6.45) is 9.44. The fourth-order valence-corrected chi connectivity index (χ4v) is 3.45. The zero-order valence-corrected chi connectivity index (χ0v) is 14.2. The molecule has 1 saturated carbocycles. The lowest BCUT2D eigenvalue weighted by molar-refractivity contribution is 0.0210. The Morgan fingerprint density at radius 2 is 2.08 bits per heavy atom. The van der Waals surface area contributed by atoms with Gasteiger partial charge in [0.05, 0.1) is 28.5 Å². The minimum absolute atomic E-state index is 0.0950. The van der Waals surface area contributed by atoms with Crippen molar-refractivity contribution in [3.8, 4) is 5.69 Å². The van der Waals surface area contributed by atoms with Gasteiger partial charge in [-0.25, -0.2) is 9.48 Å². The third-order valence-electron chi connectivity index (χ3n) is 4.46. The second kappa shape index (κ2) is 6.72. The third-order valence-corrected chi connectivity index (χ3v) is 4.78. The Bertz CT molecular complexity index is 875. The lowest BCUT2D eigenvalue weighted by Crippen LogP contribution is -2.25. The van der Waals surface area contributed by atoms with Gasteiger partial charge in [-0.2, -0.15) is 10.2 Å². The van der Waals surface area contributed by atoms with Gasteiger partial charge in [0, 0.05) is 18.6 Å². The van der Waals surface area contributed by atoms with Crippen LogP contribution in [0.3, 0.4) is 0 Å². The normalized spacial score (nSPS) is 19.9. The molecule has 0 amide bonds. The molecule has 0 radical (unpaired) electrons. The molecular formula is C18H17ClN4O2. The van der Waals surface area contributed by atoms with Crippen molar-refractivity contribution in [2.75, 3.05) is 0 Å². The van der Waals surface area contributed by atoms with Crippen LogP contribution in [-0.4, -0.2) is 31.6 Å². The van der Waals surface area contributed by atoms with Gasteiger partial charge < -0.3 is 4.74 Å². The second-order valence-electron chi connectivity index (χ2n) is 6.05. The molecule has 4 rings (SSSR count). The van der Waals surface area contributed by atoms with Crippen molar-refractivity contribution >= 4 is 17.6 Å². The molecule has 0 bridgehead atoms. The molecule has 6 nitrogen and oxygen atoms in total. The Kier molecular flexibility index (Phi) is 4.28. The summed E-state index contributed by atoms with van der Waals surface area (Å²) in [6.45, 7) is 0. The van der Waals surface area contributed by atoms with E-state index in [2.05, 4.69) is 10.2 Å². The Morgan fingerprint density at radius 1 is 1.20 bits per heavy atom. The van der Waals surface area contributed by atoms with Crippen molar-refractivity contribution in [2.45, 2.75) is 31.4 Å². The zero-order chi connectivity index (χ0) is 17.2. The van der Waals surface area contributed by atoms with Gasteiger partial charge in [0.2, 0.25) is 0 Å². The average Bonchev–Trinajstić information content (AvgIpc) is 3.36. The minimum Gasteiger partial charge on any atom is -0.456 e. The van der Waals surface area contributed by atoms with Gasteiger partial charge in [-0.15, -0.1) is 0 Å². The first-order valence-corrected chi connectivity index (χ1v) is 8.60. The van der Waals surface area contributed by atoms with Crippen molar-refractivity contribution in [3.63, 3.8) is 0 Å². The lowest BCUT2D eigenvalue weighted by Gasteiger charge is -2.20. The molecule has 1 aromatic carbocycles. The number of carbonyl (C=O) groups is 1. The minimum atomic E-state index is -0.373. The first-order chi connectivity index (χ1) is 12.2. The number of hydrogen-bond donors (Lipinski definition) is 0. The molecule has 1 aliphatic rings. The van der Waals surface area contributed by atoms with E-state index < -0.39 is 0 Å². The van der Waals surface area contributed by atoms with Crippen molar-refractivity contribution < 1.29 is 9.53 Å². The van der Waals surface area contributed by atoms with Crippen LogP contribution in [-0.2, 0) is 4.74 Å². The second-order valence-corrected chi connectivity index (χ2v) is 6.46. The first-order valence-electron chi connectivity index (χ1n) is 8.22. The van der Waals surface area contributed by atoms with Crippen LogP contribution in [0, 0.1) is 0 Å². The van der Waals surface area contributed by atoms with Crippen molar-refractivity contribution in [1.29, 1.82) is 0 Å². The monoisotopic (exact) mass is 356 g/mol. The highest BCUT2D eigenvalue weighted by atomic mass is 35.5. The highest BCUT2D eigenvalue weighted by molar-refractivity contribution is 6.32. The van der Waals surface area contributed by atoms with Gasteiger partial charge in [0.1, 0.15) is 6.10 Å². The van der Waals surface area contributed by atoms with Crippen LogP contribution in [0.4, 0.5) is 0 Å². The summed E-state index contributed by atoms with van der Waals surface area (Å²) in [7, 11) is 0. The average molecular weight is 357 g/mol. The number of benzene rings is 1. The van der Waals surface area contributed by atoms with Crippen molar-refractivity contribution in [1.82, 2.24) is 19.6 Å². The molecule has 128 valence electrons. The lowest BCUT2D eigenvalue weighted by atomic mass is 10.2. The molecular weight excluding hydrogens is 340 g/mol. The molecule has 2 aromatic heterocycles. The maximum atomic E-state index is 12.5. The van der Waals surface area contributed by atoms with Crippen molar-refractivity contribution in [2.24, 2.45) is 0 Å². The summed E-state index contributed by atoms with van der Waals surface area (Å²) in [6, 6.07) is 9.32. The van der Waals surface area contributed by atoms with Crippen molar-refractivity contribution in [3.05, 3.63) is 65.7 Å². The molecule has 1 aliphatic carbocycles. The van der Waals surface area contributed by atoms with E-state index in [1.165, 1.54) is 6.20 Å². The number of hydrogen-bond acceptors (Lipinski definition) is 4. The highest BCUT2D eigenvalue weighted by Crippen LogP contribution is 2.32. The molecule has 0 saturated heterocycles. The van der Waals surface area contributed by atoms with Crippen LogP contribution in [0.1, 0.15) is 35.7 Å². The van der Waals surface area contributed by atoms with E-state index in [4.69, 9.17) is 16.3 Å². The van der Waals surface area contributed by atoms with E-state index in [0.717, 1.165) is 24.9 Å². The first kappa shape index (κ1) is 15.9. The van der Waals surface area contributed by atoms with Gasteiger partial charge in [-0.1, -0.05) is 23.7 Å². The van der Waals surface area contributed by atoms with E-state index in [-0.39, 0.29) is 18.1 Å². The van der Waals surface area contributed by atoms with E-state index >= 15 is 0 Å². The van der Waals surface area contributed by atoms with Crippen LogP contribution in [0.25, 0.3) is 5.69 Å². The maximum absolute atomic E-state index is 12.5. The highest BCUT2D eigenvalue weighted by Gasteiger charge is 2.32. The van der Waals surface area contributed by atoms with Crippen LogP contribution >= 0.6 is 11.6 Å². The number of ether oxygens (including phenoxy) is 1. The third kappa shape index (κ3) is 3.17. The predicted molar refractivity (Wildman–Crippen MR) is 92.9 cm³/mol. The summed E-state index contributed by atoms with van der Waals surface area (Å²) < 4.78 is 9.18. The van der Waals surface area contributed by atoms with E-state index in [1.54, 1.807) is 23.1 Å². The van der Waals surface area contributed by atoms with E-state index in [9.17, 15) is 4.79 Å². The Labute approximate surface area is 150 Å². The molecule has 1 fully saturated rings. The molecule has 2 heterocycles.